The predicted molar refractivity (Wildman–Crippen MR) is 89.1 cm³/mol. The van der Waals surface area contributed by atoms with Gasteiger partial charge in [-0.15, -0.1) is 35.3 Å². The van der Waals surface area contributed by atoms with Gasteiger partial charge in [-0.3, -0.25) is 4.99 Å². The topological polar surface area (TPSA) is 30.9 Å². The standard InChI is InChI=1S/C12H20N4S.HI/c1-15(2)10(11-5-4-8-17-11)9-14-12-13-6-7-16(12)3;/h4-5,8,10H,6-7,9H2,1-3H3,(H,13,14);1H. The highest BCUT2D eigenvalue weighted by Gasteiger charge is 2.18. The molecule has 0 radical (unpaired) electrons. The fourth-order valence-electron chi connectivity index (χ4n) is 1.93. The molecule has 18 heavy (non-hydrogen) atoms. The first kappa shape index (κ1) is 15.7. The van der Waals surface area contributed by atoms with Crippen LogP contribution in [0.2, 0.25) is 0 Å². The van der Waals surface area contributed by atoms with Crippen LogP contribution in [0.3, 0.4) is 0 Å². The molecule has 1 N–H and O–H groups in total. The van der Waals surface area contributed by atoms with Crippen LogP contribution in [-0.2, 0) is 0 Å². The van der Waals surface area contributed by atoms with Gasteiger partial charge in [-0.25, -0.2) is 0 Å². The molecule has 0 saturated heterocycles. The second-order valence-electron chi connectivity index (χ2n) is 4.50. The van der Waals surface area contributed by atoms with Gasteiger partial charge in [0.05, 0.1) is 12.6 Å². The number of nitrogens with one attached hydrogen (secondary N) is 1. The maximum atomic E-state index is 4.45. The lowest BCUT2D eigenvalue weighted by atomic mass is 10.2. The van der Waals surface area contributed by atoms with Gasteiger partial charge in [0.1, 0.15) is 0 Å². The van der Waals surface area contributed by atoms with Crippen molar-refractivity contribution in [1.29, 1.82) is 0 Å². The van der Waals surface area contributed by atoms with Gasteiger partial charge in [0.25, 0.3) is 0 Å². The summed E-state index contributed by atoms with van der Waals surface area (Å²) >= 11 is 1.81. The van der Waals surface area contributed by atoms with E-state index >= 15 is 0 Å². The van der Waals surface area contributed by atoms with E-state index in [1.165, 1.54) is 4.88 Å². The summed E-state index contributed by atoms with van der Waals surface area (Å²) < 4.78 is 0. The lowest BCUT2D eigenvalue weighted by Gasteiger charge is -2.25. The zero-order valence-corrected chi connectivity index (χ0v) is 14.2. The summed E-state index contributed by atoms with van der Waals surface area (Å²) in [6.07, 6.45) is 0. The minimum absolute atomic E-state index is 0. The molecule has 1 unspecified atom stereocenters. The van der Waals surface area contributed by atoms with Crippen molar-refractivity contribution in [2.75, 3.05) is 40.8 Å². The molecular formula is C12H21IN4S. The second kappa shape index (κ2) is 7.30. The number of aliphatic imine (C=N–C) groups is 1. The minimum atomic E-state index is 0. The smallest absolute Gasteiger partial charge is 0.193 e. The molecular weight excluding hydrogens is 359 g/mol. The zero-order chi connectivity index (χ0) is 12.3. The molecule has 4 nitrogen and oxygen atoms in total. The lowest BCUT2D eigenvalue weighted by Crippen LogP contribution is -2.40. The Morgan fingerprint density at radius 3 is 2.83 bits per heavy atom. The van der Waals surface area contributed by atoms with Crippen LogP contribution in [0.15, 0.2) is 22.5 Å². The fraction of sp³-hybridized carbons (Fsp3) is 0.583. The van der Waals surface area contributed by atoms with E-state index in [0.717, 1.165) is 25.6 Å². The van der Waals surface area contributed by atoms with E-state index in [0.29, 0.717) is 6.04 Å². The molecule has 1 aromatic rings. The molecule has 0 aromatic carbocycles. The van der Waals surface area contributed by atoms with Crippen molar-refractivity contribution in [3.63, 3.8) is 0 Å². The van der Waals surface area contributed by atoms with E-state index in [2.05, 4.69) is 58.8 Å². The Morgan fingerprint density at radius 2 is 2.33 bits per heavy atom. The molecule has 0 amide bonds. The summed E-state index contributed by atoms with van der Waals surface area (Å²) in [6.45, 7) is 2.83. The molecule has 6 heteroatoms. The third-order valence-electron chi connectivity index (χ3n) is 3.01. The highest BCUT2D eigenvalue weighted by molar-refractivity contribution is 14.0. The van der Waals surface area contributed by atoms with Crippen molar-refractivity contribution in [3.05, 3.63) is 22.4 Å². The highest BCUT2D eigenvalue weighted by Crippen LogP contribution is 2.22. The molecule has 0 spiro atoms. The van der Waals surface area contributed by atoms with E-state index in [1.54, 1.807) is 0 Å². The van der Waals surface area contributed by atoms with E-state index in [1.807, 2.05) is 11.3 Å². The van der Waals surface area contributed by atoms with E-state index in [9.17, 15) is 0 Å². The largest absolute Gasteiger partial charge is 0.354 e. The Hall–Kier alpha value is -0.340. The van der Waals surface area contributed by atoms with Gasteiger partial charge in [0, 0.05) is 25.0 Å². The maximum absolute atomic E-state index is 4.45. The zero-order valence-electron chi connectivity index (χ0n) is 11.1. The Morgan fingerprint density at radius 1 is 1.56 bits per heavy atom. The Kier molecular flexibility index (Phi) is 6.37. The number of rotatable bonds is 4. The molecule has 1 atom stereocenters. The van der Waals surface area contributed by atoms with Crippen LogP contribution in [0.25, 0.3) is 0 Å². The van der Waals surface area contributed by atoms with Gasteiger partial charge in [-0.1, -0.05) is 6.07 Å². The molecule has 1 aromatic heterocycles. The summed E-state index contributed by atoms with van der Waals surface area (Å²) in [5, 5.41) is 5.57. The molecule has 0 aliphatic carbocycles. The fourth-order valence-corrected chi connectivity index (χ4v) is 2.85. The van der Waals surface area contributed by atoms with Crippen molar-refractivity contribution in [1.82, 2.24) is 15.1 Å². The van der Waals surface area contributed by atoms with Gasteiger partial charge < -0.3 is 15.1 Å². The summed E-state index contributed by atoms with van der Waals surface area (Å²) in [7, 11) is 6.31. The number of halogens is 1. The normalized spacial score (nSPS) is 16.4. The lowest BCUT2D eigenvalue weighted by molar-refractivity contribution is 0.300. The van der Waals surface area contributed by atoms with E-state index in [4.69, 9.17) is 0 Å². The third kappa shape index (κ3) is 3.83. The second-order valence-corrected chi connectivity index (χ2v) is 5.48. The monoisotopic (exact) mass is 380 g/mol. The van der Waals surface area contributed by atoms with Crippen molar-refractivity contribution in [3.8, 4) is 0 Å². The first-order valence-electron chi connectivity index (χ1n) is 5.88. The van der Waals surface area contributed by atoms with Crippen LogP contribution in [0, 0.1) is 0 Å². The van der Waals surface area contributed by atoms with Gasteiger partial charge >= 0.3 is 0 Å². The minimum Gasteiger partial charge on any atom is -0.354 e. The van der Waals surface area contributed by atoms with Crippen LogP contribution in [0.5, 0.6) is 0 Å². The summed E-state index contributed by atoms with van der Waals surface area (Å²) in [5.74, 6) is 1.02. The summed E-state index contributed by atoms with van der Waals surface area (Å²) in [4.78, 5) is 10.3. The van der Waals surface area contributed by atoms with Gasteiger partial charge in [-0.05, 0) is 25.5 Å². The number of hydrogen-bond donors (Lipinski definition) is 1. The third-order valence-corrected chi connectivity index (χ3v) is 3.98. The van der Waals surface area contributed by atoms with Crippen molar-refractivity contribution >= 4 is 41.3 Å². The quantitative estimate of drug-likeness (QED) is 0.810. The summed E-state index contributed by atoms with van der Waals surface area (Å²) in [6, 6.07) is 4.71. The first-order valence-corrected chi connectivity index (χ1v) is 6.75. The van der Waals surface area contributed by atoms with Gasteiger partial charge in [-0.2, -0.15) is 0 Å². The molecule has 0 bridgehead atoms. The number of guanidine groups is 1. The van der Waals surface area contributed by atoms with Crippen LogP contribution in [0.4, 0.5) is 0 Å². The van der Waals surface area contributed by atoms with Crippen LogP contribution >= 0.6 is 35.3 Å². The van der Waals surface area contributed by atoms with Gasteiger partial charge in [0.15, 0.2) is 5.96 Å². The Labute approximate surface area is 130 Å². The van der Waals surface area contributed by atoms with Gasteiger partial charge in [0.2, 0.25) is 0 Å². The molecule has 1 aliphatic rings. The van der Waals surface area contributed by atoms with Crippen molar-refractivity contribution in [2.45, 2.75) is 6.04 Å². The first-order chi connectivity index (χ1) is 8.18. The SMILES string of the molecule is CN1CCN=C1NCC(c1cccs1)N(C)C.I. The molecule has 1 aliphatic heterocycles. The van der Waals surface area contributed by atoms with Crippen LogP contribution < -0.4 is 5.32 Å². The molecule has 0 saturated carbocycles. The Balaban J connectivity index is 0.00000162. The number of hydrogen-bond acceptors (Lipinski definition) is 5. The summed E-state index contributed by atoms with van der Waals surface area (Å²) in [5.41, 5.74) is 0. The van der Waals surface area contributed by atoms with Crippen molar-refractivity contribution < 1.29 is 0 Å². The molecule has 102 valence electrons. The van der Waals surface area contributed by atoms with Crippen LogP contribution in [-0.4, -0.2) is 56.5 Å². The highest BCUT2D eigenvalue weighted by atomic mass is 127. The average Bonchev–Trinajstić information content (AvgIpc) is 2.91. The number of thiophene rings is 1. The van der Waals surface area contributed by atoms with E-state index in [-0.39, 0.29) is 24.0 Å². The predicted octanol–water partition coefficient (Wildman–Crippen LogP) is 1.86. The van der Waals surface area contributed by atoms with E-state index < -0.39 is 0 Å². The molecule has 2 heterocycles. The maximum Gasteiger partial charge on any atom is 0.193 e. The molecule has 0 fully saturated rings. The molecule has 2 rings (SSSR count). The average molecular weight is 380 g/mol. The van der Waals surface area contributed by atoms with Crippen molar-refractivity contribution in [2.24, 2.45) is 4.99 Å². The Bertz CT molecular complexity index is 377. The number of likely N-dealkylation sites (N-methyl/N-ethyl adjacent to an activating group) is 2. The van der Waals surface area contributed by atoms with Crippen LogP contribution in [0.1, 0.15) is 10.9 Å². The number of nitrogens with zero attached hydrogens (tertiary/aromatic N) is 3.